The second-order valence-corrected chi connectivity index (χ2v) is 17.7. The monoisotopic (exact) mass is 779 g/mol. The minimum Gasteiger partial charge on any atom is -0.462 e. The summed E-state index contributed by atoms with van der Waals surface area (Å²) in [5, 5.41) is 0. The minimum absolute atomic E-state index is 0.0645. The summed E-state index contributed by atoms with van der Waals surface area (Å²) < 4.78 is 16.7. The van der Waals surface area contributed by atoms with Crippen molar-refractivity contribution in [3.8, 4) is 0 Å². The molecule has 0 amide bonds. The molecule has 6 nitrogen and oxygen atoms in total. The topological polar surface area (TPSA) is 78.9 Å². The first-order chi connectivity index (χ1) is 26.7. The molecule has 0 unspecified atom stereocenters. The molecule has 326 valence electrons. The number of hydrogen-bond acceptors (Lipinski definition) is 6. The van der Waals surface area contributed by atoms with Gasteiger partial charge in [-0.15, -0.1) is 0 Å². The van der Waals surface area contributed by atoms with Crippen molar-refractivity contribution in [3.63, 3.8) is 0 Å². The van der Waals surface area contributed by atoms with E-state index >= 15 is 0 Å². The van der Waals surface area contributed by atoms with E-state index in [1.807, 2.05) is 0 Å². The maximum absolute atomic E-state index is 12.7. The van der Waals surface area contributed by atoms with Gasteiger partial charge in [-0.3, -0.25) is 14.4 Å². The van der Waals surface area contributed by atoms with Gasteiger partial charge in [-0.2, -0.15) is 0 Å². The van der Waals surface area contributed by atoms with Crippen LogP contribution in [0.3, 0.4) is 0 Å². The second-order valence-electron chi connectivity index (χ2n) is 17.7. The van der Waals surface area contributed by atoms with Crippen LogP contribution in [0.5, 0.6) is 0 Å². The summed E-state index contributed by atoms with van der Waals surface area (Å²) in [6.07, 6.45) is 40.9. The van der Waals surface area contributed by atoms with Crippen molar-refractivity contribution in [1.82, 2.24) is 0 Å². The quantitative estimate of drug-likeness (QED) is 0.0348. The van der Waals surface area contributed by atoms with Crippen LogP contribution in [-0.2, 0) is 28.6 Å². The zero-order valence-electron chi connectivity index (χ0n) is 37.6. The second kappa shape index (κ2) is 42.0. The molecule has 0 rings (SSSR count). The molecule has 0 aliphatic carbocycles. The molecule has 0 saturated heterocycles. The Kier molecular flexibility index (Phi) is 40.8. The molecular formula is C49H94O6. The van der Waals surface area contributed by atoms with E-state index in [0.717, 1.165) is 69.6 Å². The third-order valence-electron chi connectivity index (χ3n) is 11.0. The number of carbonyl (C=O) groups is 3. The molecule has 6 heteroatoms. The molecule has 55 heavy (non-hydrogen) atoms. The molecular weight excluding hydrogens is 685 g/mol. The maximum atomic E-state index is 12.7. The summed E-state index contributed by atoms with van der Waals surface area (Å²) >= 11 is 0. The Morgan fingerprint density at radius 3 is 0.891 bits per heavy atom. The highest BCUT2D eigenvalue weighted by Gasteiger charge is 2.19. The van der Waals surface area contributed by atoms with Gasteiger partial charge in [0.1, 0.15) is 13.2 Å². The van der Waals surface area contributed by atoms with E-state index < -0.39 is 6.10 Å². The summed E-state index contributed by atoms with van der Waals surface area (Å²) in [6, 6.07) is 0. The standard InChI is InChI=1S/C49H94O6/c1-6-7-8-9-10-17-24-29-34-39-47(50)53-42-46(55-49(52)41-36-31-26-21-16-19-23-28-33-38-45(4)5)43-54-48(51)40-35-30-25-20-15-13-11-12-14-18-22-27-32-37-44(2)3/h44-46H,6-43H2,1-5H3/t46-/m0/s1. The van der Waals surface area contributed by atoms with Crippen LogP contribution in [0.2, 0.25) is 0 Å². The van der Waals surface area contributed by atoms with Gasteiger partial charge >= 0.3 is 17.9 Å². The molecule has 0 fully saturated rings. The Balaban J connectivity index is 4.27. The largest absolute Gasteiger partial charge is 0.462 e. The molecule has 0 aromatic carbocycles. The van der Waals surface area contributed by atoms with Crippen LogP contribution in [0.1, 0.15) is 266 Å². The zero-order chi connectivity index (χ0) is 40.5. The molecule has 0 saturated carbocycles. The lowest BCUT2D eigenvalue weighted by Crippen LogP contribution is -2.30. The van der Waals surface area contributed by atoms with E-state index in [4.69, 9.17) is 14.2 Å². The van der Waals surface area contributed by atoms with E-state index in [0.29, 0.717) is 19.3 Å². The summed E-state index contributed by atoms with van der Waals surface area (Å²) in [5.74, 6) is 0.790. The highest BCUT2D eigenvalue weighted by Crippen LogP contribution is 2.17. The number of rotatable bonds is 43. The number of ether oxygens (including phenoxy) is 3. The Morgan fingerprint density at radius 2 is 0.600 bits per heavy atom. The van der Waals surface area contributed by atoms with Gasteiger partial charge in [-0.05, 0) is 31.1 Å². The Bertz CT molecular complexity index is 839. The van der Waals surface area contributed by atoms with Gasteiger partial charge in [0.15, 0.2) is 6.10 Å². The lowest BCUT2D eigenvalue weighted by Gasteiger charge is -2.18. The molecule has 0 bridgehead atoms. The SMILES string of the molecule is CCCCCCCCCCCC(=O)OC[C@@H](COC(=O)CCCCCCCCCCCCCCCC(C)C)OC(=O)CCCCCCCCCCCC(C)C. The summed E-state index contributed by atoms with van der Waals surface area (Å²) in [7, 11) is 0. The molecule has 0 radical (unpaired) electrons. The zero-order valence-corrected chi connectivity index (χ0v) is 37.6. The fourth-order valence-electron chi connectivity index (χ4n) is 7.28. The number of carbonyl (C=O) groups excluding carboxylic acids is 3. The van der Waals surface area contributed by atoms with E-state index in [-0.39, 0.29) is 31.1 Å². The molecule has 0 heterocycles. The summed E-state index contributed by atoms with van der Waals surface area (Å²) in [4.78, 5) is 37.7. The van der Waals surface area contributed by atoms with Gasteiger partial charge in [-0.1, -0.05) is 227 Å². The first-order valence-electron chi connectivity index (χ1n) is 24.2. The highest BCUT2D eigenvalue weighted by atomic mass is 16.6. The average Bonchev–Trinajstić information content (AvgIpc) is 3.15. The van der Waals surface area contributed by atoms with Crippen molar-refractivity contribution in [1.29, 1.82) is 0 Å². The molecule has 0 spiro atoms. The van der Waals surface area contributed by atoms with Gasteiger partial charge in [0, 0.05) is 19.3 Å². The van der Waals surface area contributed by atoms with Crippen molar-refractivity contribution in [2.75, 3.05) is 13.2 Å². The normalized spacial score (nSPS) is 12.1. The number of esters is 3. The van der Waals surface area contributed by atoms with E-state index in [1.165, 1.54) is 154 Å². The van der Waals surface area contributed by atoms with Crippen LogP contribution in [0.4, 0.5) is 0 Å². The fraction of sp³-hybridized carbons (Fsp3) is 0.939. The predicted molar refractivity (Wildman–Crippen MR) is 233 cm³/mol. The molecule has 0 aliphatic rings. The van der Waals surface area contributed by atoms with Crippen LogP contribution < -0.4 is 0 Å². The van der Waals surface area contributed by atoms with E-state index in [9.17, 15) is 14.4 Å². The van der Waals surface area contributed by atoms with Gasteiger partial charge < -0.3 is 14.2 Å². The third-order valence-corrected chi connectivity index (χ3v) is 11.0. The Hall–Kier alpha value is -1.59. The van der Waals surface area contributed by atoms with Crippen LogP contribution >= 0.6 is 0 Å². The molecule has 0 aromatic heterocycles. The molecule has 1 atom stereocenters. The first kappa shape index (κ1) is 53.4. The van der Waals surface area contributed by atoms with Crippen LogP contribution in [-0.4, -0.2) is 37.2 Å². The van der Waals surface area contributed by atoms with Crippen LogP contribution in [0.25, 0.3) is 0 Å². The molecule has 0 aliphatic heterocycles. The lowest BCUT2D eigenvalue weighted by molar-refractivity contribution is -0.167. The van der Waals surface area contributed by atoms with E-state index in [2.05, 4.69) is 34.6 Å². The van der Waals surface area contributed by atoms with Crippen molar-refractivity contribution < 1.29 is 28.6 Å². The van der Waals surface area contributed by atoms with Crippen LogP contribution in [0, 0.1) is 11.8 Å². The fourth-order valence-corrected chi connectivity index (χ4v) is 7.28. The third kappa shape index (κ3) is 43.4. The van der Waals surface area contributed by atoms with Crippen molar-refractivity contribution in [2.45, 2.75) is 272 Å². The lowest BCUT2D eigenvalue weighted by atomic mass is 10.0. The van der Waals surface area contributed by atoms with E-state index in [1.54, 1.807) is 0 Å². The number of hydrogen-bond donors (Lipinski definition) is 0. The Labute approximate surface area is 342 Å². The number of unbranched alkanes of at least 4 members (excludes halogenated alkanes) is 28. The first-order valence-corrected chi connectivity index (χ1v) is 24.2. The summed E-state index contributed by atoms with van der Waals surface area (Å²) in [6.45, 7) is 11.3. The van der Waals surface area contributed by atoms with Gasteiger partial charge in [0.05, 0.1) is 0 Å². The average molecular weight is 779 g/mol. The van der Waals surface area contributed by atoms with Crippen molar-refractivity contribution in [3.05, 3.63) is 0 Å². The van der Waals surface area contributed by atoms with Crippen LogP contribution in [0.15, 0.2) is 0 Å². The predicted octanol–water partition coefficient (Wildman–Crippen LogP) is 15.4. The van der Waals surface area contributed by atoms with Gasteiger partial charge in [0.2, 0.25) is 0 Å². The van der Waals surface area contributed by atoms with Crippen molar-refractivity contribution in [2.24, 2.45) is 11.8 Å². The van der Waals surface area contributed by atoms with Gasteiger partial charge in [0.25, 0.3) is 0 Å². The smallest absolute Gasteiger partial charge is 0.306 e. The molecule has 0 aromatic rings. The highest BCUT2D eigenvalue weighted by molar-refractivity contribution is 5.71. The Morgan fingerprint density at radius 1 is 0.345 bits per heavy atom. The van der Waals surface area contributed by atoms with Gasteiger partial charge in [-0.25, -0.2) is 0 Å². The molecule has 0 N–H and O–H groups in total. The van der Waals surface area contributed by atoms with Crippen molar-refractivity contribution >= 4 is 17.9 Å². The minimum atomic E-state index is -0.760. The maximum Gasteiger partial charge on any atom is 0.306 e. The summed E-state index contributed by atoms with van der Waals surface area (Å²) in [5.41, 5.74) is 0.